The molecule has 5 nitrogen and oxygen atoms in total. The summed E-state index contributed by atoms with van der Waals surface area (Å²) < 4.78 is 28.9. The minimum atomic E-state index is -3.79. The third-order valence-electron chi connectivity index (χ3n) is 4.12. The lowest BCUT2D eigenvalue weighted by atomic mass is 10.0. The molecule has 0 aliphatic heterocycles. The van der Waals surface area contributed by atoms with Crippen molar-refractivity contribution in [1.82, 2.24) is 9.97 Å². The Morgan fingerprint density at radius 3 is 2.15 bits per heavy atom. The zero-order chi connectivity index (χ0) is 18.9. The van der Waals surface area contributed by atoms with Gasteiger partial charge in [0.2, 0.25) is 0 Å². The lowest BCUT2D eigenvalue weighted by Crippen LogP contribution is -2.17. The van der Waals surface area contributed by atoms with Gasteiger partial charge in [-0.1, -0.05) is 48.0 Å². The molecule has 0 bridgehead atoms. The number of aromatic nitrogens is 2. The Morgan fingerprint density at radius 2 is 1.50 bits per heavy atom. The van der Waals surface area contributed by atoms with Crippen molar-refractivity contribution in [3.05, 3.63) is 71.3 Å². The molecule has 0 unspecified atom stereocenters. The van der Waals surface area contributed by atoms with E-state index in [1.807, 2.05) is 43.3 Å². The first kappa shape index (κ1) is 18.1. The minimum absolute atomic E-state index is 0.227. The second-order valence-electron chi connectivity index (χ2n) is 6.29. The average molecular weight is 367 g/mol. The molecular weight excluding hydrogens is 346 g/mol. The SMILES string of the molecule is Cc1cccc(-c2ccccc2S(=O)(=O)Nc2c(C)nc(C)nc2C)c1. The van der Waals surface area contributed by atoms with Gasteiger partial charge < -0.3 is 0 Å². The number of aryl methyl sites for hydroxylation is 4. The lowest BCUT2D eigenvalue weighted by molar-refractivity contribution is 0.601. The van der Waals surface area contributed by atoms with Gasteiger partial charge in [-0.25, -0.2) is 18.4 Å². The van der Waals surface area contributed by atoms with E-state index in [-0.39, 0.29) is 4.90 Å². The molecule has 2 aromatic carbocycles. The number of nitrogens with one attached hydrogen (secondary N) is 1. The van der Waals surface area contributed by atoms with Crippen molar-refractivity contribution in [3.8, 4) is 11.1 Å². The first-order valence-corrected chi connectivity index (χ1v) is 9.77. The third-order valence-corrected chi connectivity index (χ3v) is 5.53. The molecule has 26 heavy (non-hydrogen) atoms. The van der Waals surface area contributed by atoms with Crippen LogP contribution in [0.4, 0.5) is 5.69 Å². The summed E-state index contributed by atoms with van der Waals surface area (Å²) in [6.45, 7) is 7.30. The van der Waals surface area contributed by atoms with Gasteiger partial charge in [0.05, 0.1) is 22.0 Å². The topological polar surface area (TPSA) is 72.0 Å². The molecule has 6 heteroatoms. The first-order valence-electron chi connectivity index (χ1n) is 8.28. The number of benzene rings is 2. The number of rotatable bonds is 4. The zero-order valence-corrected chi connectivity index (χ0v) is 16.1. The summed E-state index contributed by atoms with van der Waals surface area (Å²) in [4.78, 5) is 8.76. The summed E-state index contributed by atoms with van der Waals surface area (Å²) in [6, 6.07) is 14.8. The smallest absolute Gasteiger partial charge is 0.262 e. The molecule has 1 N–H and O–H groups in total. The van der Waals surface area contributed by atoms with E-state index in [1.165, 1.54) is 0 Å². The van der Waals surface area contributed by atoms with Gasteiger partial charge in [0.1, 0.15) is 5.82 Å². The first-order chi connectivity index (χ1) is 12.3. The Balaban J connectivity index is 2.10. The maximum atomic E-state index is 13.1. The third kappa shape index (κ3) is 3.60. The fourth-order valence-electron chi connectivity index (χ4n) is 2.97. The van der Waals surface area contributed by atoms with Crippen LogP contribution in [-0.2, 0) is 10.0 Å². The molecule has 1 aromatic heterocycles. The van der Waals surface area contributed by atoms with Crippen LogP contribution in [0.3, 0.4) is 0 Å². The standard InChI is InChI=1S/C20H21N3O2S/c1-13-8-7-9-17(12-13)18-10-5-6-11-19(18)26(24,25)23-20-14(2)21-16(4)22-15(20)3/h5-12,23H,1-4H3. The number of anilines is 1. The minimum Gasteiger partial charge on any atom is -0.276 e. The van der Waals surface area contributed by atoms with Crippen molar-refractivity contribution >= 4 is 15.7 Å². The maximum absolute atomic E-state index is 13.1. The summed E-state index contributed by atoms with van der Waals surface area (Å²) in [5, 5.41) is 0. The Hall–Kier alpha value is -2.73. The van der Waals surface area contributed by atoms with E-state index in [2.05, 4.69) is 14.7 Å². The van der Waals surface area contributed by atoms with E-state index < -0.39 is 10.0 Å². The van der Waals surface area contributed by atoms with E-state index in [4.69, 9.17) is 0 Å². The highest BCUT2D eigenvalue weighted by Gasteiger charge is 2.21. The van der Waals surface area contributed by atoms with Crippen molar-refractivity contribution in [2.45, 2.75) is 32.6 Å². The Morgan fingerprint density at radius 1 is 0.846 bits per heavy atom. The van der Waals surface area contributed by atoms with Crippen molar-refractivity contribution in [1.29, 1.82) is 0 Å². The summed E-state index contributed by atoms with van der Waals surface area (Å²) in [5.41, 5.74) is 4.22. The van der Waals surface area contributed by atoms with Gasteiger partial charge in [0.25, 0.3) is 10.0 Å². The molecule has 3 aromatic rings. The fourth-order valence-corrected chi connectivity index (χ4v) is 4.38. The van der Waals surface area contributed by atoms with Gasteiger partial charge >= 0.3 is 0 Å². The highest BCUT2D eigenvalue weighted by Crippen LogP contribution is 2.30. The van der Waals surface area contributed by atoms with Crippen LogP contribution in [0, 0.1) is 27.7 Å². The monoisotopic (exact) mass is 367 g/mol. The van der Waals surface area contributed by atoms with E-state index >= 15 is 0 Å². The number of hydrogen-bond donors (Lipinski definition) is 1. The van der Waals surface area contributed by atoms with E-state index in [9.17, 15) is 8.42 Å². The molecule has 3 rings (SSSR count). The van der Waals surface area contributed by atoms with Crippen molar-refractivity contribution < 1.29 is 8.42 Å². The predicted molar refractivity (Wildman–Crippen MR) is 104 cm³/mol. The van der Waals surface area contributed by atoms with Crippen LogP contribution < -0.4 is 4.72 Å². The van der Waals surface area contributed by atoms with Crippen LogP contribution in [0.1, 0.15) is 22.8 Å². The highest BCUT2D eigenvalue weighted by atomic mass is 32.2. The number of hydrogen-bond acceptors (Lipinski definition) is 4. The molecule has 0 saturated carbocycles. The normalized spacial score (nSPS) is 11.4. The lowest BCUT2D eigenvalue weighted by Gasteiger charge is -2.15. The molecule has 0 saturated heterocycles. The van der Waals surface area contributed by atoms with Gasteiger partial charge in [0, 0.05) is 5.56 Å². The molecule has 0 fully saturated rings. The molecule has 0 radical (unpaired) electrons. The molecule has 0 aliphatic rings. The summed E-state index contributed by atoms with van der Waals surface area (Å²) >= 11 is 0. The maximum Gasteiger partial charge on any atom is 0.262 e. The quantitative estimate of drug-likeness (QED) is 0.751. The van der Waals surface area contributed by atoms with E-state index in [1.54, 1.807) is 32.9 Å². The van der Waals surface area contributed by atoms with E-state index in [0.29, 0.717) is 28.5 Å². The molecular formula is C20H21N3O2S. The summed E-state index contributed by atoms with van der Waals surface area (Å²) in [7, 11) is -3.79. The summed E-state index contributed by atoms with van der Waals surface area (Å²) in [6.07, 6.45) is 0. The zero-order valence-electron chi connectivity index (χ0n) is 15.2. The van der Waals surface area contributed by atoms with E-state index in [0.717, 1.165) is 11.1 Å². The largest absolute Gasteiger partial charge is 0.276 e. The van der Waals surface area contributed by atoms with Gasteiger partial charge in [-0.05, 0) is 39.3 Å². The molecule has 134 valence electrons. The van der Waals surface area contributed by atoms with Crippen LogP contribution in [-0.4, -0.2) is 18.4 Å². The van der Waals surface area contributed by atoms with Crippen molar-refractivity contribution in [3.63, 3.8) is 0 Å². The fraction of sp³-hybridized carbons (Fsp3) is 0.200. The molecule has 1 heterocycles. The predicted octanol–water partition coefficient (Wildman–Crippen LogP) is 4.18. The van der Waals surface area contributed by atoms with Crippen molar-refractivity contribution in [2.75, 3.05) is 4.72 Å². The molecule has 0 spiro atoms. The molecule has 0 amide bonds. The van der Waals surface area contributed by atoms with Gasteiger partial charge in [-0.15, -0.1) is 0 Å². The van der Waals surface area contributed by atoms with Gasteiger partial charge in [-0.2, -0.15) is 0 Å². The molecule has 0 atom stereocenters. The second kappa shape index (κ2) is 6.88. The van der Waals surface area contributed by atoms with Crippen LogP contribution in [0.15, 0.2) is 53.4 Å². The van der Waals surface area contributed by atoms with Crippen LogP contribution >= 0.6 is 0 Å². The van der Waals surface area contributed by atoms with Crippen LogP contribution in [0.5, 0.6) is 0 Å². The molecule has 0 aliphatic carbocycles. The van der Waals surface area contributed by atoms with Crippen LogP contribution in [0.2, 0.25) is 0 Å². The van der Waals surface area contributed by atoms with Crippen LogP contribution in [0.25, 0.3) is 11.1 Å². The average Bonchev–Trinajstić information content (AvgIpc) is 2.58. The van der Waals surface area contributed by atoms with Crippen molar-refractivity contribution in [2.24, 2.45) is 0 Å². The Bertz CT molecular complexity index is 1050. The highest BCUT2D eigenvalue weighted by molar-refractivity contribution is 7.92. The van der Waals surface area contributed by atoms with Gasteiger partial charge in [0.15, 0.2) is 0 Å². The Labute approximate surface area is 154 Å². The Kier molecular flexibility index (Phi) is 4.78. The summed E-state index contributed by atoms with van der Waals surface area (Å²) in [5.74, 6) is 0.614. The number of nitrogens with zero attached hydrogens (tertiary/aromatic N) is 2. The second-order valence-corrected chi connectivity index (χ2v) is 7.94. The van der Waals surface area contributed by atoms with Gasteiger partial charge in [-0.3, -0.25) is 4.72 Å². The number of sulfonamides is 1.